The van der Waals surface area contributed by atoms with Crippen molar-refractivity contribution < 1.29 is 28.2 Å². The first-order chi connectivity index (χ1) is 12.1. The van der Waals surface area contributed by atoms with Gasteiger partial charge in [-0.1, -0.05) is 41.4 Å². The number of aliphatic carboxylic acids is 1. The van der Waals surface area contributed by atoms with E-state index in [0.29, 0.717) is 6.08 Å². The Kier molecular flexibility index (Phi) is 5.91. The number of aliphatic hydroxyl groups is 1. The topological polar surface area (TPSA) is 121 Å². The number of hydrogen-bond donors (Lipinski definition) is 3. The predicted molar refractivity (Wildman–Crippen MR) is 96.4 cm³/mol. The van der Waals surface area contributed by atoms with Crippen LogP contribution >= 0.6 is 23.2 Å². The summed E-state index contributed by atoms with van der Waals surface area (Å²) < 4.78 is 27.2. The highest BCUT2D eigenvalue weighted by atomic mass is 35.5. The molecular formula is C16H11Cl2NO6S. The fraction of sp³-hybridized carbons (Fsp3) is 0. The van der Waals surface area contributed by atoms with Gasteiger partial charge in [0.2, 0.25) is 5.76 Å². The fourth-order valence-electron chi connectivity index (χ4n) is 1.91. The van der Waals surface area contributed by atoms with E-state index in [0.717, 1.165) is 0 Å². The predicted octanol–water partition coefficient (Wildman–Crippen LogP) is 3.50. The van der Waals surface area contributed by atoms with E-state index >= 15 is 0 Å². The van der Waals surface area contributed by atoms with Crippen LogP contribution in [0.3, 0.4) is 0 Å². The first kappa shape index (κ1) is 19.8. The van der Waals surface area contributed by atoms with Crippen LogP contribution in [0.15, 0.2) is 59.2 Å². The van der Waals surface area contributed by atoms with E-state index in [9.17, 15) is 18.0 Å². The van der Waals surface area contributed by atoms with Crippen molar-refractivity contribution in [1.82, 2.24) is 0 Å². The van der Waals surface area contributed by atoms with Crippen LogP contribution in [-0.2, 0) is 14.8 Å². The molecule has 0 heterocycles. The molecule has 10 heteroatoms. The van der Waals surface area contributed by atoms with E-state index in [2.05, 4.69) is 4.72 Å². The highest BCUT2D eigenvalue weighted by molar-refractivity contribution is 7.92. The van der Waals surface area contributed by atoms with Crippen molar-refractivity contribution >= 4 is 50.7 Å². The number of sulfonamides is 1. The van der Waals surface area contributed by atoms with Crippen molar-refractivity contribution in [3.05, 3.63) is 69.9 Å². The Bertz CT molecular complexity index is 1020. The zero-order valence-electron chi connectivity index (χ0n) is 12.8. The maximum Gasteiger partial charge on any atom is 0.371 e. The Labute approximate surface area is 158 Å². The molecular weight excluding hydrogens is 405 g/mol. The molecule has 2 aromatic carbocycles. The normalized spacial score (nSPS) is 11.8. The molecule has 0 radical (unpaired) electrons. The number of carboxylic acids is 1. The summed E-state index contributed by atoms with van der Waals surface area (Å²) in [4.78, 5) is 22.2. The first-order valence-corrected chi connectivity index (χ1v) is 9.11. The number of carbonyl (C=O) groups excluding carboxylic acids is 1. The second-order valence-corrected chi connectivity index (χ2v) is 7.37. The van der Waals surface area contributed by atoms with E-state index in [1.54, 1.807) is 0 Å². The molecule has 0 saturated carbocycles. The van der Waals surface area contributed by atoms with Gasteiger partial charge in [-0.3, -0.25) is 9.52 Å². The number of rotatable bonds is 6. The average molecular weight is 416 g/mol. The molecule has 0 aliphatic rings. The summed E-state index contributed by atoms with van der Waals surface area (Å²) in [6.07, 6.45) is 0.518. The summed E-state index contributed by atoms with van der Waals surface area (Å²) in [6, 6.07) is 9.40. The Hall–Kier alpha value is -2.55. The molecule has 0 amide bonds. The van der Waals surface area contributed by atoms with Crippen LogP contribution in [0.25, 0.3) is 0 Å². The lowest BCUT2D eigenvalue weighted by atomic mass is 10.1. The minimum Gasteiger partial charge on any atom is -0.502 e. The summed E-state index contributed by atoms with van der Waals surface area (Å²) in [7, 11) is -4.08. The molecule has 26 heavy (non-hydrogen) atoms. The van der Waals surface area contributed by atoms with Crippen LogP contribution in [0.2, 0.25) is 10.0 Å². The van der Waals surface area contributed by atoms with Gasteiger partial charge in [0.15, 0.2) is 5.78 Å². The summed E-state index contributed by atoms with van der Waals surface area (Å²) in [5.41, 5.74) is 0.00491. The molecule has 0 saturated heterocycles. The molecule has 0 unspecified atom stereocenters. The molecule has 0 bridgehead atoms. The monoisotopic (exact) mass is 415 g/mol. The Morgan fingerprint density at radius 1 is 1.04 bits per heavy atom. The van der Waals surface area contributed by atoms with Crippen LogP contribution in [0.5, 0.6) is 0 Å². The molecule has 7 nitrogen and oxygen atoms in total. The van der Waals surface area contributed by atoms with Crippen molar-refractivity contribution in [2.75, 3.05) is 4.72 Å². The van der Waals surface area contributed by atoms with Crippen molar-refractivity contribution in [1.29, 1.82) is 0 Å². The van der Waals surface area contributed by atoms with Gasteiger partial charge in [0.25, 0.3) is 10.0 Å². The average Bonchev–Trinajstić information content (AvgIpc) is 2.56. The summed E-state index contributed by atoms with van der Waals surface area (Å²) in [5, 5.41) is 17.6. The third-order valence-corrected chi connectivity index (χ3v) is 5.45. The third kappa shape index (κ3) is 4.54. The lowest BCUT2D eigenvalue weighted by Crippen LogP contribution is -2.14. The molecule has 3 N–H and O–H groups in total. The van der Waals surface area contributed by atoms with E-state index < -0.39 is 27.5 Å². The van der Waals surface area contributed by atoms with E-state index in [-0.39, 0.29) is 26.2 Å². The second-order valence-electron chi connectivity index (χ2n) is 4.94. The molecule has 0 fully saturated rings. The number of ketones is 1. The molecule has 0 aliphatic carbocycles. The number of nitrogens with one attached hydrogen (secondary N) is 1. The molecule has 2 rings (SSSR count). The maximum absolute atomic E-state index is 12.5. The first-order valence-electron chi connectivity index (χ1n) is 6.87. The van der Waals surface area contributed by atoms with Crippen molar-refractivity contribution in [3.63, 3.8) is 0 Å². The van der Waals surface area contributed by atoms with Crippen LogP contribution in [0.1, 0.15) is 10.4 Å². The maximum atomic E-state index is 12.5. The SMILES string of the molecule is O=C(O)C(O)=CC(=O)c1cccc(NS(=O)(=O)c2cccc(Cl)c2Cl)c1. The summed E-state index contributed by atoms with van der Waals surface area (Å²) >= 11 is 11.7. The number of carbonyl (C=O) groups is 2. The number of carboxylic acid groups (broad SMARTS) is 1. The van der Waals surface area contributed by atoms with Crippen LogP contribution in [-0.4, -0.2) is 30.4 Å². The number of hydrogen-bond acceptors (Lipinski definition) is 5. The van der Waals surface area contributed by atoms with Gasteiger partial charge < -0.3 is 10.2 Å². The largest absolute Gasteiger partial charge is 0.502 e. The highest BCUT2D eigenvalue weighted by Crippen LogP contribution is 2.30. The van der Waals surface area contributed by atoms with Crippen LogP contribution < -0.4 is 4.72 Å². The lowest BCUT2D eigenvalue weighted by Gasteiger charge is -2.11. The molecule has 0 spiro atoms. The van der Waals surface area contributed by atoms with Crippen molar-refractivity contribution in [2.45, 2.75) is 4.90 Å². The van der Waals surface area contributed by atoms with Gasteiger partial charge in [-0.25, -0.2) is 13.2 Å². The van der Waals surface area contributed by atoms with Gasteiger partial charge in [0, 0.05) is 17.3 Å². The number of allylic oxidation sites excluding steroid dienone is 1. The van der Waals surface area contributed by atoms with Gasteiger partial charge in [0.1, 0.15) is 4.90 Å². The van der Waals surface area contributed by atoms with Crippen molar-refractivity contribution in [2.24, 2.45) is 0 Å². The standard InChI is InChI=1S/C16H11Cl2NO6S/c17-11-5-2-6-14(15(11)18)26(24,25)19-10-4-1-3-9(7-10)12(20)8-13(21)16(22)23/h1-8,19,21H,(H,22,23). The number of halogens is 2. The summed E-state index contributed by atoms with van der Waals surface area (Å²) in [5.74, 6) is -3.61. The molecule has 2 aromatic rings. The van der Waals surface area contributed by atoms with Gasteiger partial charge in [0.05, 0.1) is 10.0 Å². The highest BCUT2D eigenvalue weighted by Gasteiger charge is 2.20. The van der Waals surface area contributed by atoms with E-state index in [4.69, 9.17) is 33.4 Å². The fourth-order valence-corrected chi connectivity index (χ4v) is 3.72. The van der Waals surface area contributed by atoms with Crippen LogP contribution in [0.4, 0.5) is 5.69 Å². The van der Waals surface area contributed by atoms with Gasteiger partial charge >= 0.3 is 5.97 Å². The Morgan fingerprint density at radius 3 is 2.35 bits per heavy atom. The van der Waals surface area contributed by atoms with Gasteiger partial charge in [-0.05, 0) is 24.3 Å². The minimum atomic E-state index is -4.08. The zero-order valence-corrected chi connectivity index (χ0v) is 15.1. The van der Waals surface area contributed by atoms with Gasteiger partial charge in [-0.15, -0.1) is 0 Å². The molecule has 0 atom stereocenters. The second kappa shape index (κ2) is 7.77. The Balaban J connectivity index is 2.34. The number of aliphatic hydroxyl groups excluding tert-OH is 1. The van der Waals surface area contributed by atoms with Gasteiger partial charge in [-0.2, -0.15) is 0 Å². The molecule has 0 aliphatic heterocycles. The van der Waals surface area contributed by atoms with Crippen LogP contribution in [0, 0.1) is 0 Å². The molecule has 0 aromatic heterocycles. The Morgan fingerprint density at radius 2 is 1.69 bits per heavy atom. The number of anilines is 1. The minimum absolute atomic E-state index is 0.0322. The van der Waals surface area contributed by atoms with E-state index in [1.807, 2.05) is 0 Å². The number of benzene rings is 2. The summed E-state index contributed by atoms with van der Waals surface area (Å²) in [6.45, 7) is 0. The lowest BCUT2D eigenvalue weighted by molar-refractivity contribution is -0.135. The smallest absolute Gasteiger partial charge is 0.371 e. The quantitative estimate of drug-likeness (QED) is 0.377. The van der Waals surface area contributed by atoms with Crippen molar-refractivity contribution in [3.8, 4) is 0 Å². The van der Waals surface area contributed by atoms with E-state index in [1.165, 1.54) is 42.5 Å². The third-order valence-electron chi connectivity index (χ3n) is 3.09. The molecule has 136 valence electrons. The zero-order chi connectivity index (χ0) is 19.5.